The molecule has 1 N–H and O–H groups in total. The van der Waals surface area contributed by atoms with Crippen LogP contribution in [0.15, 0.2) is 27.6 Å². The molecule has 0 spiro atoms. The van der Waals surface area contributed by atoms with Crippen molar-refractivity contribution >= 4 is 56.2 Å². The van der Waals surface area contributed by atoms with Gasteiger partial charge in [0.2, 0.25) is 0 Å². The van der Waals surface area contributed by atoms with Gasteiger partial charge in [-0.2, -0.15) is 0 Å². The van der Waals surface area contributed by atoms with E-state index in [9.17, 15) is 9.90 Å². The molecule has 1 aliphatic carbocycles. The molecule has 1 saturated heterocycles. The van der Waals surface area contributed by atoms with Crippen LogP contribution in [-0.2, 0) is 4.79 Å². The Balaban J connectivity index is 1.83. The summed E-state index contributed by atoms with van der Waals surface area (Å²) >= 11 is 10.1. The molecule has 0 unspecified atom stereocenters. The van der Waals surface area contributed by atoms with Crippen LogP contribution in [-0.4, -0.2) is 26.3 Å². The Morgan fingerprint density at radius 3 is 2.73 bits per heavy atom. The van der Waals surface area contributed by atoms with Crippen LogP contribution in [0.1, 0.15) is 37.7 Å². The van der Waals surface area contributed by atoms with E-state index in [0.29, 0.717) is 13.7 Å². The molecule has 1 aliphatic heterocycles. The lowest BCUT2D eigenvalue weighted by molar-refractivity contribution is -0.124. The molecule has 0 radical (unpaired) electrons. The minimum absolute atomic E-state index is 0.0195. The molecule has 1 aromatic rings. The molecule has 2 aliphatic rings. The molecule has 1 saturated carbocycles. The van der Waals surface area contributed by atoms with Crippen LogP contribution in [0, 0.1) is 0 Å². The molecular formula is C16H16BrNO2S2. The van der Waals surface area contributed by atoms with Crippen molar-refractivity contribution in [1.82, 2.24) is 4.90 Å². The normalized spacial score (nSPS) is 21.9. The van der Waals surface area contributed by atoms with Gasteiger partial charge in [-0.15, -0.1) is 0 Å². The van der Waals surface area contributed by atoms with Crippen molar-refractivity contribution in [2.75, 3.05) is 0 Å². The highest BCUT2D eigenvalue weighted by Crippen LogP contribution is 2.37. The van der Waals surface area contributed by atoms with Gasteiger partial charge < -0.3 is 5.11 Å². The molecule has 1 heterocycles. The van der Waals surface area contributed by atoms with Gasteiger partial charge in [-0.05, 0) is 52.5 Å². The van der Waals surface area contributed by atoms with E-state index in [1.165, 1.54) is 31.0 Å². The average Bonchev–Trinajstić information content (AvgIpc) is 2.78. The number of hydrogen-bond acceptors (Lipinski definition) is 4. The Labute approximate surface area is 147 Å². The number of carbonyl (C=O) groups is 1. The quantitative estimate of drug-likeness (QED) is 0.580. The molecule has 0 aromatic heterocycles. The molecule has 22 heavy (non-hydrogen) atoms. The maximum atomic E-state index is 12.7. The van der Waals surface area contributed by atoms with E-state index in [-0.39, 0.29) is 17.7 Å². The van der Waals surface area contributed by atoms with Crippen LogP contribution in [0.3, 0.4) is 0 Å². The first-order valence-electron chi connectivity index (χ1n) is 7.32. The Morgan fingerprint density at radius 1 is 1.32 bits per heavy atom. The zero-order valence-corrected chi connectivity index (χ0v) is 15.1. The van der Waals surface area contributed by atoms with Crippen LogP contribution >= 0.6 is 39.9 Å². The van der Waals surface area contributed by atoms with E-state index in [1.807, 2.05) is 6.08 Å². The van der Waals surface area contributed by atoms with Crippen LogP contribution in [0.4, 0.5) is 0 Å². The zero-order valence-electron chi connectivity index (χ0n) is 11.9. The summed E-state index contributed by atoms with van der Waals surface area (Å²) in [7, 11) is 0. The number of carbonyl (C=O) groups excluding carboxylic acids is 1. The highest BCUT2D eigenvalue weighted by Gasteiger charge is 2.37. The summed E-state index contributed by atoms with van der Waals surface area (Å²) in [5.74, 6) is 0.206. The first kappa shape index (κ1) is 16.0. The fourth-order valence-corrected chi connectivity index (χ4v) is 4.70. The van der Waals surface area contributed by atoms with E-state index in [2.05, 4.69) is 15.9 Å². The van der Waals surface area contributed by atoms with Gasteiger partial charge in [0, 0.05) is 6.04 Å². The molecule has 3 rings (SSSR count). The van der Waals surface area contributed by atoms with Crippen molar-refractivity contribution in [2.45, 2.75) is 38.1 Å². The number of phenols is 1. The fraction of sp³-hybridized carbons (Fsp3) is 0.375. The third kappa shape index (κ3) is 3.24. The van der Waals surface area contributed by atoms with Crippen LogP contribution in [0.5, 0.6) is 5.75 Å². The smallest absolute Gasteiger partial charge is 0.266 e. The molecule has 1 amide bonds. The second-order valence-corrected chi connectivity index (χ2v) is 8.08. The predicted octanol–water partition coefficient (Wildman–Crippen LogP) is 4.69. The van der Waals surface area contributed by atoms with E-state index >= 15 is 0 Å². The number of amides is 1. The molecule has 2 fully saturated rings. The predicted molar refractivity (Wildman–Crippen MR) is 97.7 cm³/mol. The zero-order chi connectivity index (χ0) is 15.7. The number of thiocarbonyl (C=S) groups is 1. The minimum atomic E-state index is 0.0195. The van der Waals surface area contributed by atoms with Gasteiger partial charge in [-0.3, -0.25) is 9.69 Å². The maximum absolute atomic E-state index is 12.7. The van der Waals surface area contributed by atoms with Gasteiger partial charge in [-0.25, -0.2) is 0 Å². The lowest BCUT2D eigenvalue weighted by Gasteiger charge is -2.29. The SMILES string of the molecule is O=C1/C(=C\c2ccc(O)c(Br)c2)SC(=S)N1C1CCCCC1. The minimum Gasteiger partial charge on any atom is -0.507 e. The molecule has 6 heteroatoms. The van der Waals surface area contributed by atoms with Crippen molar-refractivity contribution in [3.05, 3.63) is 33.1 Å². The van der Waals surface area contributed by atoms with E-state index in [0.717, 1.165) is 18.4 Å². The van der Waals surface area contributed by atoms with Crippen molar-refractivity contribution in [1.29, 1.82) is 0 Å². The van der Waals surface area contributed by atoms with Crippen LogP contribution < -0.4 is 0 Å². The third-order valence-corrected chi connectivity index (χ3v) is 6.00. The van der Waals surface area contributed by atoms with E-state index in [4.69, 9.17) is 12.2 Å². The van der Waals surface area contributed by atoms with E-state index in [1.54, 1.807) is 23.1 Å². The largest absolute Gasteiger partial charge is 0.507 e. The summed E-state index contributed by atoms with van der Waals surface area (Å²) in [6, 6.07) is 5.45. The van der Waals surface area contributed by atoms with Crippen molar-refractivity contribution < 1.29 is 9.90 Å². The van der Waals surface area contributed by atoms with Crippen molar-refractivity contribution in [3.63, 3.8) is 0 Å². The van der Waals surface area contributed by atoms with Gasteiger partial charge >= 0.3 is 0 Å². The Bertz CT molecular complexity index is 654. The van der Waals surface area contributed by atoms with Gasteiger partial charge in [0.15, 0.2) is 0 Å². The summed E-state index contributed by atoms with van der Waals surface area (Å²) in [4.78, 5) is 15.1. The maximum Gasteiger partial charge on any atom is 0.266 e. The topological polar surface area (TPSA) is 40.5 Å². The second kappa shape index (κ2) is 6.72. The number of aromatic hydroxyl groups is 1. The van der Waals surface area contributed by atoms with Gasteiger partial charge in [0.25, 0.3) is 5.91 Å². The first-order valence-corrected chi connectivity index (χ1v) is 9.33. The Morgan fingerprint density at radius 2 is 2.05 bits per heavy atom. The number of thioether (sulfide) groups is 1. The summed E-state index contributed by atoms with van der Waals surface area (Å²) in [6.07, 6.45) is 7.53. The molecule has 1 aromatic carbocycles. The van der Waals surface area contributed by atoms with Crippen LogP contribution in [0.2, 0.25) is 0 Å². The van der Waals surface area contributed by atoms with Gasteiger partial charge in [0.1, 0.15) is 10.1 Å². The summed E-state index contributed by atoms with van der Waals surface area (Å²) in [6.45, 7) is 0. The monoisotopic (exact) mass is 397 g/mol. The highest BCUT2D eigenvalue weighted by molar-refractivity contribution is 9.10. The van der Waals surface area contributed by atoms with Gasteiger partial charge in [-0.1, -0.05) is 49.3 Å². The van der Waals surface area contributed by atoms with Gasteiger partial charge in [0.05, 0.1) is 9.38 Å². The van der Waals surface area contributed by atoms with Crippen LogP contribution in [0.25, 0.3) is 6.08 Å². The molecule has 116 valence electrons. The standard InChI is InChI=1S/C16H16BrNO2S2/c17-12-8-10(6-7-13(12)19)9-14-15(20)18(16(21)22-14)11-4-2-1-3-5-11/h6-9,11,19H,1-5H2/b14-9+. The lowest BCUT2D eigenvalue weighted by atomic mass is 9.94. The molecule has 0 bridgehead atoms. The number of benzene rings is 1. The summed E-state index contributed by atoms with van der Waals surface area (Å²) in [5, 5.41) is 9.54. The second-order valence-electron chi connectivity index (χ2n) is 5.55. The number of rotatable bonds is 2. The third-order valence-electron chi connectivity index (χ3n) is 4.03. The fourth-order valence-electron chi connectivity index (χ4n) is 2.90. The molecule has 3 nitrogen and oxygen atoms in total. The number of hydrogen-bond donors (Lipinski definition) is 1. The lowest BCUT2D eigenvalue weighted by Crippen LogP contribution is -2.39. The highest BCUT2D eigenvalue weighted by atomic mass is 79.9. The molecular weight excluding hydrogens is 382 g/mol. The first-order chi connectivity index (χ1) is 10.6. The Kier molecular flexibility index (Phi) is 4.90. The number of halogens is 1. The average molecular weight is 398 g/mol. The summed E-state index contributed by atoms with van der Waals surface area (Å²) in [5.41, 5.74) is 0.869. The Hall–Kier alpha value is -0.850. The molecule has 0 atom stereocenters. The number of nitrogens with zero attached hydrogens (tertiary/aromatic N) is 1. The number of phenolic OH excluding ortho intramolecular Hbond substituents is 1. The van der Waals surface area contributed by atoms with E-state index < -0.39 is 0 Å². The van der Waals surface area contributed by atoms with Crippen molar-refractivity contribution in [3.8, 4) is 5.75 Å². The van der Waals surface area contributed by atoms with Crippen molar-refractivity contribution in [2.24, 2.45) is 0 Å². The summed E-state index contributed by atoms with van der Waals surface area (Å²) < 4.78 is 1.28.